The molecule has 5 nitrogen and oxygen atoms in total. The molecule has 0 saturated carbocycles. The molecule has 2 rings (SSSR count). The number of ether oxygens (including phenoxy) is 3. The first-order valence-corrected chi connectivity index (χ1v) is 7.29. The van der Waals surface area contributed by atoms with Crippen LogP contribution in [0.2, 0.25) is 0 Å². The molecule has 0 amide bonds. The standard InChI is InChI=1S/C16H23NO4/c1-4-7-17-8-9-21-15(11-17)16(18)13-6-5-12(19-2)10-14(13)20-3/h5-6,10,15H,4,7-9,11H2,1-3H3. The Labute approximate surface area is 125 Å². The molecule has 1 aromatic rings. The minimum Gasteiger partial charge on any atom is -0.497 e. The minimum atomic E-state index is -0.424. The van der Waals surface area contributed by atoms with Gasteiger partial charge >= 0.3 is 0 Å². The lowest BCUT2D eigenvalue weighted by Gasteiger charge is -2.32. The zero-order chi connectivity index (χ0) is 15.2. The van der Waals surface area contributed by atoms with Crippen molar-refractivity contribution in [2.45, 2.75) is 19.4 Å². The van der Waals surface area contributed by atoms with E-state index in [1.54, 1.807) is 32.4 Å². The monoisotopic (exact) mass is 293 g/mol. The molecule has 1 atom stereocenters. The number of nitrogens with zero attached hydrogens (tertiary/aromatic N) is 1. The summed E-state index contributed by atoms with van der Waals surface area (Å²) in [6.45, 7) is 5.25. The molecule has 0 aliphatic carbocycles. The second-order valence-electron chi connectivity index (χ2n) is 5.09. The van der Waals surface area contributed by atoms with Crippen molar-refractivity contribution in [3.05, 3.63) is 23.8 Å². The lowest BCUT2D eigenvalue weighted by Crippen LogP contribution is -2.46. The number of rotatable bonds is 6. The van der Waals surface area contributed by atoms with E-state index < -0.39 is 6.10 Å². The second kappa shape index (κ2) is 7.43. The summed E-state index contributed by atoms with van der Waals surface area (Å²) >= 11 is 0. The van der Waals surface area contributed by atoms with E-state index >= 15 is 0 Å². The molecule has 0 N–H and O–H groups in total. The van der Waals surface area contributed by atoms with Gasteiger partial charge in [0.25, 0.3) is 0 Å². The van der Waals surface area contributed by atoms with Crippen molar-refractivity contribution in [2.24, 2.45) is 0 Å². The number of hydrogen-bond donors (Lipinski definition) is 0. The van der Waals surface area contributed by atoms with Gasteiger partial charge in [-0.15, -0.1) is 0 Å². The molecule has 1 heterocycles. The quantitative estimate of drug-likeness (QED) is 0.751. The van der Waals surface area contributed by atoms with Crippen molar-refractivity contribution < 1.29 is 19.0 Å². The fourth-order valence-electron chi connectivity index (χ4n) is 2.56. The van der Waals surface area contributed by atoms with Crippen LogP contribution in [0.3, 0.4) is 0 Å². The second-order valence-corrected chi connectivity index (χ2v) is 5.09. The molecular weight excluding hydrogens is 270 g/mol. The summed E-state index contributed by atoms with van der Waals surface area (Å²) < 4.78 is 16.1. The first-order valence-electron chi connectivity index (χ1n) is 7.29. The molecule has 1 aromatic carbocycles. The zero-order valence-electron chi connectivity index (χ0n) is 12.9. The summed E-state index contributed by atoms with van der Waals surface area (Å²) in [6.07, 6.45) is 0.653. The fraction of sp³-hybridized carbons (Fsp3) is 0.562. The largest absolute Gasteiger partial charge is 0.497 e. The van der Waals surface area contributed by atoms with Gasteiger partial charge in [-0.1, -0.05) is 6.92 Å². The van der Waals surface area contributed by atoms with Crippen molar-refractivity contribution in [2.75, 3.05) is 40.5 Å². The highest BCUT2D eigenvalue weighted by molar-refractivity contribution is 6.02. The maximum absolute atomic E-state index is 12.7. The van der Waals surface area contributed by atoms with Gasteiger partial charge in [-0.25, -0.2) is 0 Å². The Kier molecular flexibility index (Phi) is 5.59. The molecule has 0 radical (unpaired) electrons. The maximum atomic E-state index is 12.7. The molecule has 1 aliphatic heterocycles. The Morgan fingerprint density at radius 1 is 1.38 bits per heavy atom. The number of methoxy groups -OCH3 is 2. The van der Waals surface area contributed by atoms with Gasteiger partial charge < -0.3 is 14.2 Å². The predicted octanol–water partition coefficient (Wildman–Crippen LogP) is 2.00. The lowest BCUT2D eigenvalue weighted by molar-refractivity contribution is -0.0164. The SMILES string of the molecule is CCCN1CCOC(C(=O)c2ccc(OC)cc2OC)C1. The van der Waals surface area contributed by atoms with Gasteiger partial charge in [0.2, 0.25) is 0 Å². The van der Waals surface area contributed by atoms with Gasteiger partial charge in [-0.3, -0.25) is 9.69 Å². The third-order valence-electron chi connectivity index (χ3n) is 3.66. The molecule has 1 saturated heterocycles. The van der Waals surface area contributed by atoms with E-state index in [0.29, 0.717) is 30.2 Å². The Bertz CT molecular complexity index is 487. The summed E-state index contributed by atoms with van der Waals surface area (Å²) in [7, 11) is 3.14. The summed E-state index contributed by atoms with van der Waals surface area (Å²) in [5.41, 5.74) is 0.543. The van der Waals surface area contributed by atoms with Gasteiger partial charge in [-0.2, -0.15) is 0 Å². The van der Waals surface area contributed by atoms with Gasteiger partial charge in [-0.05, 0) is 25.1 Å². The average Bonchev–Trinajstić information content (AvgIpc) is 2.54. The van der Waals surface area contributed by atoms with Crippen LogP contribution in [0.1, 0.15) is 23.7 Å². The van der Waals surface area contributed by atoms with Crippen LogP contribution in [0.5, 0.6) is 11.5 Å². The van der Waals surface area contributed by atoms with Gasteiger partial charge in [0.15, 0.2) is 5.78 Å². The van der Waals surface area contributed by atoms with Gasteiger partial charge in [0.1, 0.15) is 17.6 Å². The molecule has 0 spiro atoms. The van der Waals surface area contributed by atoms with Crippen LogP contribution in [-0.2, 0) is 4.74 Å². The highest BCUT2D eigenvalue weighted by Crippen LogP contribution is 2.26. The lowest BCUT2D eigenvalue weighted by atomic mass is 10.0. The Balaban J connectivity index is 2.15. The van der Waals surface area contributed by atoms with Crippen LogP contribution in [0.25, 0.3) is 0 Å². The number of morpholine rings is 1. The number of ketones is 1. The van der Waals surface area contributed by atoms with Crippen molar-refractivity contribution in [1.29, 1.82) is 0 Å². The van der Waals surface area contributed by atoms with Crippen LogP contribution in [0, 0.1) is 0 Å². The Morgan fingerprint density at radius 2 is 2.19 bits per heavy atom. The minimum absolute atomic E-state index is 0.0321. The molecule has 5 heteroatoms. The van der Waals surface area contributed by atoms with E-state index in [9.17, 15) is 4.79 Å². The van der Waals surface area contributed by atoms with Crippen molar-refractivity contribution in [3.63, 3.8) is 0 Å². The highest BCUT2D eigenvalue weighted by atomic mass is 16.5. The highest BCUT2D eigenvalue weighted by Gasteiger charge is 2.29. The van der Waals surface area contributed by atoms with E-state index in [2.05, 4.69) is 11.8 Å². The van der Waals surface area contributed by atoms with E-state index in [4.69, 9.17) is 14.2 Å². The number of carbonyl (C=O) groups is 1. The van der Waals surface area contributed by atoms with Crippen LogP contribution in [0.15, 0.2) is 18.2 Å². The molecule has 116 valence electrons. The molecule has 1 fully saturated rings. The topological polar surface area (TPSA) is 48.0 Å². The fourth-order valence-corrected chi connectivity index (χ4v) is 2.56. The third kappa shape index (κ3) is 3.74. The Morgan fingerprint density at radius 3 is 2.86 bits per heavy atom. The molecule has 1 aliphatic rings. The smallest absolute Gasteiger partial charge is 0.196 e. The molecule has 21 heavy (non-hydrogen) atoms. The van der Waals surface area contributed by atoms with Gasteiger partial charge in [0, 0.05) is 19.2 Å². The molecule has 0 bridgehead atoms. The number of benzene rings is 1. The van der Waals surface area contributed by atoms with Crippen LogP contribution >= 0.6 is 0 Å². The maximum Gasteiger partial charge on any atom is 0.196 e. The Hall–Kier alpha value is -1.59. The molecule has 1 unspecified atom stereocenters. The summed E-state index contributed by atoms with van der Waals surface area (Å²) in [5, 5.41) is 0. The first kappa shape index (κ1) is 15.8. The summed E-state index contributed by atoms with van der Waals surface area (Å²) in [6, 6.07) is 5.23. The van der Waals surface area contributed by atoms with Crippen LogP contribution in [-0.4, -0.2) is 57.2 Å². The van der Waals surface area contributed by atoms with Crippen LogP contribution in [0.4, 0.5) is 0 Å². The predicted molar refractivity (Wildman–Crippen MR) is 80.3 cm³/mol. The normalized spacial score (nSPS) is 19.3. The van der Waals surface area contributed by atoms with E-state index in [1.807, 2.05) is 0 Å². The van der Waals surface area contributed by atoms with Crippen molar-refractivity contribution in [3.8, 4) is 11.5 Å². The molecular formula is C16H23NO4. The summed E-state index contributed by atoms with van der Waals surface area (Å²) in [5.74, 6) is 1.16. The van der Waals surface area contributed by atoms with Crippen molar-refractivity contribution in [1.82, 2.24) is 4.90 Å². The van der Waals surface area contributed by atoms with Crippen molar-refractivity contribution >= 4 is 5.78 Å². The van der Waals surface area contributed by atoms with Crippen LogP contribution < -0.4 is 9.47 Å². The van der Waals surface area contributed by atoms with Gasteiger partial charge in [0.05, 0.1) is 26.4 Å². The average molecular weight is 293 g/mol. The van der Waals surface area contributed by atoms with E-state index in [-0.39, 0.29) is 5.78 Å². The molecule has 0 aromatic heterocycles. The zero-order valence-corrected chi connectivity index (χ0v) is 12.9. The third-order valence-corrected chi connectivity index (χ3v) is 3.66. The van der Waals surface area contributed by atoms with E-state index in [1.165, 1.54) is 0 Å². The number of hydrogen-bond acceptors (Lipinski definition) is 5. The summed E-state index contributed by atoms with van der Waals surface area (Å²) in [4.78, 5) is 14.9. The number of carbonyl (C=O) groups excluding carboxylic acids is 1. The first-order chi connectivity index (χ1) is 10.2. The number of Topliss-reactive ketones (excluding diaryl/α,β-unsaturated/α-hetero) is 1. The van der Waals surface area contributed by atoms with E-state index in [0.717, 1.165) is 19.5 Å².